The highest BCUT2D eigenvalue weighted by Crippen LogP contribution is 2.38. The Kier molecular flexibility index (Phi) is 6.39. The van der Waals surface area contributed by atoms with E-state index in [-0.39, 0.29) is 0 Å². The van der Waals surface area contributed by atoms with Crippen molar-refractivity contribution in [3.63, 3.8) is 0 Å². The summed E-state index contributed by atoms with van der Waals surface area (Å²) >= 11 is 0. The Bertz CT molecular complexity index is 2420. The summed E-state index contributed by atoms with van der Waals surface area (Å²) in [7, 11) is 0. The molecule has 0 unspecified atom stereocenters. The van der Waals surface area contributed by atoms with Gasteiger partial charge in [-0.2, -0.15) is 10.2 Å². The van der Waals surface area contributed by atoms with Crippen molar-refractivity contribution in [2.24, 2.45) is 0 Å². The molecule has 0 fully saturated rings. The Labute approximate surface area is 272 Å². The lowest BCUT2D eigenvalue weighted by molar-refractivity contribution is -0.655. The maximum atomic E-state index is 4.40. The fourth-order valence-electron chi connectivity index (χ4n) is 6.60. The smallest absolute Gasteiger partial charge is 0.235 e. The van der Waals surface area contributed by atoms with Crippen molar-refractivity contribution < 1.29 is 4.68 Å². The minimum Gasteiger partial charge on any atom is -0.310 e. The third kappa shape index (κ3) is 4.91. The van der Waals surface area contributed by atoms with E-state index in [0.29, 0.717) is 0 Å². The third-order valence-electron chi connectivity index (χ3n) is 8.95. The molecule has 2 aromatic heterocycles. The van der Waals surface area contributed by atoms with Gasteiger partial charge in [-0.1, -0.05) is 65.3 Å². The molecule has 5 heteroatoms. The van der Waals surface area contributed by atoms with Crippen LogP contribution >= 0.6 is 0 Å². The van der Waals surface area contributed by atoms with Crippen LogP contribution in [-0.4, -0.2) is 14.9 Å². The number of aromatic amines is 1. The minimum absolute atomic E-state index is 1.02. The third-order valence-corrected chi connectivity index (χ3v) is 8.95. The van der Waals surface area contributed by atoms with E-state index in [1.54, 1.807) is 6.20 Å². The molecule has 0 radical (unpaired) electrons. The van der Waals surface area contributed by atoms with Gasteiger partial charge in [-0.15, -0.1) is 0 Å². The van der Waals surface area contributed by atoms with Gasteiger partial charge in [0.25, 0.3) is 0 Å². The van der Waals surface area contributed by atoms with Crippen molar-refractivity contribution in [1.29, 1.82) is 0 Å². The van der Waals surface area contributed by atoms with Gasteiger partial charge >= 0.3 is 0 Å². The van der Waals surface area contributed by atoms with Gasteiger partial charge in [-0.25, -0.2) is 4.68 Å². The first-order chi connectivity index (χ1) is 23.3. The van der Waals surface area contributed by atoms with E-state index < -0.39 is 0 Å². The summed E-state index contributed by atoms with van der Waals surface area (Å²) in [6.45, 7) is 0. The Morgan fingerprint density at radius 1 is 0.553 bits per heavy atom. The van der Waals surface area contributed by atoms with Crippen molar-refractivity contribution in [2.45, 2.75) is 0 Å². The summed E-state index contributed by atoms with van der Waals surface area (Å²) in [5.74, 6) is 0. The molecule has 9 rings (SSSR count). The second kappa shape index (κ2) is 11.2. The number of H-pyrrole nitrogens is 1. The average Bonchev–Trinajstić information content (AvgIpc) is 3.87. The summed E-state index contributed by atoms with van der Waals surface area (Å²) in [4.78, 5) is 2.30. The van der Waals surface area contributed by atoms with E-state index in [4.69, 9.17) is 0 Å². The molecular formula is C42H30N5+. The van der Waals surface area contributed by atoms with E-state index in [1.165, 1.54) is 43.4 Å². The van der Waals surface area contributed by atoms with Gasteiger partial charge in [0.05, 0.1) is 11.9 Å². The van der Waals surface area contributed by atoms with Crippen molar-refractivity contribution in [1.82, 2.24) is 14.9 Å². The minimum atomic E-state index is 1.02. The maximum Gasteiger partial charge on any atom is 0.235 e. The Balaban J connectivity index is 1.12. The second-order valence-electron chi connectivity index (χ2n) is 11.8. The lowest BCUT2D eigenvalue weighted by Gasteiger charge is -2.26. The zero-order valence-electron chi connectivity index (χ0n) is 25.5. The number of nitrogens with one attached hydrogen (secondary N) is 1. The van der Waals surface area contributed by atoms with Crippen LogP contribution in [0.3, 0.4) is 0 Å². The largest absolute Gasteiger partial charge is 0.310 e. The zero-order valence-corrected chi connectivity index (χ0v) is 25.5. The van der Waals surface area contributed by atoms with Crippen LogP contribution in [0.2, 0.25) is 0 Å². The summed E-state index contributed by atoms with van der Waals surface area (Å²) in [5.41, 5.74) is 7.79. The van der Waals surface area contributed by atoms with E-state index in [0.717, 1.165) is 28.4 Å². The van der Waals surface area contributed by atoms with E-state index in [1.807, 2.05) is 40.1 Å². The zero-order chi connectivity index (χ0) is 31.2. The number of hydrogen-bond donors (Lipinski definition) is 1. The molecule has 0 aliphatic heterocycles. The molecule has 0 bridgehead atoms. The van der Waals surface area contributed by atoms with Gasteiger partial charge in [0.1, 0.15) is 0 Å². The van der Waals surface area contributed by atoms with Gasteiger partial charge < -0.3 is 4.90 Å². The molecule has 5 nitrogen and oxygen atoms in total. The molecule has 2 heterocycles. The Morgan fingerprint density at radius 2 is 1.26 bits per heavy atom. The molecule has 0 amide bonds. The number of aromatic nitrogens is 4. The number of nitrogens with zero attached hydrogens (tertiary/aromatic N) is 4. The van der Waals surface area contributed by atoms with Gasteiger partial charge in [0.2, 0.25) is 11.9 Å². The first-order valence-electron chi connectivity index (χ1n) is 15.8. The Morgan fingerprint density at radius 3 is 2.02 bits per heavy atom. The van der Waals surface area contributed by atoms with E-state index >= 15 is 0 Å². The molecule has 0 spiro atoms. The number of rotatable bonds is 6. The summed E-state index contributed by atoms with van der Waals surface area (Å²) in [6, 6.07) is 54.4. The first kappa shape index (κ1) is 26.9. The highest BCUT2D eigenvalue weighted by Gasteiger charge is 2.16. The van der Waals surface area contributed by atoms with Crippen LogP contribution in [0.4, 0.5) is 17.1 Å². The summed E-state index contributed by atoms with van der Waals surface area (Å²) < 4.78 is 3.88. The topological polar surface area (TPSA) is 40.7 Å². The van der Waals surface area contributed by atoms with Gasteiger partial charge in [-0.3, -0.25) is 0 Å². The van der Waals surface area contributed by atoms with E-state index in [2.05, 4.69) is 155 Å². The van der Waals surface area contributed by atoms with Gasteiger partial charge in [-0.05, 0) is 116 Å². The van der Waals surface area contributed by atoms with Gasteiger partial charge in [0, 0.05) is 47.7 Å². The number of fused-ring (bicyclic) bond motifs is 3. The lowest BCUT2D eigenvalue weighted by Crippen LogP contribution is -2.31. The fraction of sp³-hybridized carbons (Fsp3) is 0. The van der Waals surface area contributed by atoms with Crippen molar-refractivity contribution in [3.8, 4) is 22.5 Å². The van der Waals surface area contributed by atoms with Crippen LogP contribution in [0.5, 0.6) is 0 Å². The molecule has 0 aliphatic carbocycles. The molecule has 0 saturated carbocycles. The van der Waals surface area contributed by atoms with Crippen LogP contribution in [0.25, 0.3) is 54.8 Å². The van der Waals surface area contributed by atoms with Crippen LogP contribution in [0.1, 0.15) is 0 Å². The number of benzene rings is 7. The Hall–Kier alpha value is -6.46. The van der Waals surface area contributed by atoms with Crippen molar-refractivity contribution in [2.75, 3.05) is 4.90 Å². The van der Waals surface area contributed by atoms with Crippen LogP contribution < -0.4 is 9.58 Å². The number of hydrogen-bond acceptors (Lipinski definition) is 2. The monoisotopic (exact) mass is 604 g/mol. The molecule has 9 aromatic rings. The molecule has 0 atom stereocenters. The summed E-state index contributed by atoms with van der Waals surface area (Å²) in [5, 5.41) is 15.1. The van der Waals surface area contributed by atoms with Crippen molar-refractivity contribution in [3.05, 3.63) is 176 Å². The molecule has 0 aliphatic rings. The molecule has 0 saturated heterocycles. The maximum absolute atomic E-state index is 4.40. The lowest BCUT2D eigenvalue weighted by atomic mass is 9.94. The first-order valence-corrected chi connectivity index (χ1v) is 15.8. The SMILES string of the molecule is c1ccc2cc3c(-c4ccc5cc(N(c6ccc(-n7cccn7)cc6)c6ccc(-[n+]7ccc[nH]7)cc6)ccc5c4)cccc3cc2c1. The molecular weight excluding hydrogens is 574 g/mol. The second-order valence-corrected chi connectivity index (χ2v) is 11.8. The number of anilines is 3. The predicted molar refractivity (Wildman–Crippen MR) is 192 cm³/mol. The molecule has 1 N–H and O–H groups in total. The molecule has 222 valence electrons. The van der Waals surface area contributed by atoms with E-state index in [9.17, 15) is 0 Å². The fourth-order valence-corrected chi connectivity index (χ4v) is 6.60. The normalized spacial score (nSPS) is 11.4. The summed E-state index contributed by atoms with van der Waals surface area (Å²) in [6.07, 6.45) is 7.69. The van der Waals surface area contributed by atoms with Crippen LogP contribution in [-0.2, 0) is 0 Å². The molecule has 47 heavy (non-hydrogen) atoms. The average molecular weight is 605 g/mol. The standard InChI is InChI=1S/C42H29N5/c1-2-7-31-29-42-34(26-30(31)6-1)8-3-9-41(42)35-11-10-33-28-40(13-12-32(33)27-35)47(38-18-14-36(15-19-38)45-24-4-22-43-45)39-20-16-37(17-21-39)46-25-5-23-44-46/h1-29H/p+1. The van der Waals surface area contributed by atoms with Crippen LogP contribution in [0.15, 0.2) is 176 Å². The van der Waals surface area contributed by atoms with Crippen LogP contribution in [0, 0.1) is 0 Å². The highest BCUT2D eigenvalue weighted by atomic mass is 15.3. The highest BCUT2D eigenvalue weighted by molar-refractivity contribution is 6.06. The quantitative estimate of drug-likeness (QED) is 0.152. The molecule has 7 aromatic carbocycles. The van der Waals surface area contributed by atoms with Crippen molar-refractivity contribution >= 4 is 49.4 Å². The predicted octanol–water partition coefficient (Wildman–Crippen LogP) is 10.1. The van der Waals surface area contributed by atoms with Gasteiger partial charge in [0.15, 0.2) is 0 Å².